The molecule has 1 fully saturated rings. The number of hydrogen-bond acceptors (Lipinski definition) is 4. The predicted molar refractivity (Wildman–Crippen MR) is 75.6 cm³/mol. The van der Waals surface area contributed by atoms with E-state index in [-0.39, 0.29) is 22.5 Å². The van der Waals surface area contributed by atoms with Crippen molar-refractivity contribution in [3.63, 3.8) is 0 Å². The van der Waals surface area contributed by atoms with Crippen LogP contribution in [0.4, 0.5) is 0 Å². The van der Waals surface area contributed by atoms with Crippen LogP contribution in [-0.2, 0) is 16.6 Å². The fraction of sp³-hybridized carbons (Fsp3) is 0.500. The van der Waals surface area contributed by atoms with Crippen LogP contribution in [0.15, 0.2) is 23.1 Å². The molecule has 1 atom stereocenters. The lowest BCUT2D eigenvalue weighted by Gasteiger charge is -2.14. The van der Waals surface area contributed by atoms with Gasteiger partial charge in [0.15, 0.2) is 0 Å². The molecule has 0 radical (unpaired) electrons. The van der Waals surface area contributed by atoms with Crippen LogP contribution >= 0.6 is 11.6 Å². The molecule has 0 saturated carbocycles. The van der Waals surface area contributed by atoms with E-state index in [4.69, 9.17) is 17.3 Å². The first-order chi connectivity index (χ1) is 8.92. The highest BCUT2D eigenvalue weighted by Crippen LogP contribution is 2.23. The maximum Gasteiger partial charge on any atom is 0.242 e. The highest BCUT2D eigenvalue weighted by atomic mass is 35.5. The van der Waals surface area contributed by atoms with Crippen molar-refractivity contribution in [2.45, 2.75) is 23.9 Å². The molecule has 0 aliphatic carbocycles. The second-order valence-corrected chi connectivity index (χ2v) is 6.93. The van der Waals surface area contributed by atoms with Crippen molar-refractivity contribution in [1.29, 1.82) is 0 Å². The van der Waals surface area contributed by atoms with Gasteiger partial charge >= 0.3 is 0 Å². The van der Waals surface area contributed by atoms with Gasteiger partial charge in [0.1, 0.15) is 4.90 Å². The molecule has 106 valence electrons. The first kappa shape index (κ1) is 14.7. The van der Waals surface area contributed by atoms with Gasteiger partial charge in [-0.2, -0.15) is 0 Å². The minimum absolute atomic E-state index is 0.0624. The molecule has 1 saturated heterocycles. The summed E-state index contributed by atoms with van der Waals surface area (Å²) in [5, 5.41) is 0.219. The molecule has 1 heterocycles. The number of likely N-dealkylation sites (N-methyl/N-ethyl adjacent to an activating group) is 1. The Bertz CT molecular complexity index is 562. The summed E-state index contributed by atoms with van der Waals surface area (Å²) in [6, 6.07) is 4.76. The van der Waals surface area contributed by atoms with E-state index < -0.39 is 10.0 Å². The van der Waals surface area contributed by atoms with Crippen molar-refractivity contribution in [2.24, 2.45) is 5.73 Å². The van der Waals surface area contributed by atoms with Gasteiger partial charge in [0, 0.05) is 19.1 Å². The Morgan fingerprint density at radius 2 is 2.26 bits per heavy atom. The van der Waals surface area contributed by atoms with Gasteiger partial charge in [0.2, 0.25) is 10.0 Å². The minimum Gasteiger partial charge on any atom is -0.326 e. The van der Waals surface area contributed by atoms with Gasteiger partial charge in [-0.25, -0.2) is 13.1 Å². The summed E-state index contributed by atoms with van der Waals surface area (Å²) in [4.78, 5) is 2.19. The van der Waals surface area contributed by atoms with Gasteiger partial charge in [-0.3, -0.25) is 0 Å². The zero-order valence-electron chi connectivity index (χ0n) is 10.8. The third-order valence-corrected chi connectivity index (χ3v) is 5.24. The fourth-order valence-corrected chi connectivity index (χ4v) is 4.01. The second kappa shape index (κ2) is 5.76. The standard InChI is InChI=1S/C12H18ClN3O2S/c1-16-5-4-10(8-16)15-19(17,18)12-6-9(7-14)2-3-11(12)13/h2-3,6,10,15H,4-5,7-8,14H2,1H3. The Balaban J connectivity index is 2.24. The number of benzene rings is 1. The molecule has 2 rings (SSSR count). The Labute approximate surface area is 118 Å². The Hall–Kier alpha value is -0.660. The molecule has 5 nitrogen and oxygen atoms in total. The molecule has 3 N–H and O–H groups in total. The van der Waals surface area contributed by atoms with E-state index in [1.807, 2.05) is 7.05 Å². The molecule has 0 bridgehead atoms. The molecule has 1 aromatic carbocycles. The number of nitrogens with one attached hydrogen (secondary N) is 1. The molecule has 1 aliphatic heterocycles. The topological polar surface area (TPSA) is 75.4 Å². The number of rotatable bonds is 4. The lowest BCUT2D eigenvalue weighted by molar-refractivity contribution is 0.407. The van der Waals surface area contributed by atoms with Crippen molar-refractivity contribution in [3.05, 3.63) is 28.8 Å². The van der Waals surface area contributed by atoms with Gasteiger partial charge in [0.05, 0.1) is 5.02 Å². The highest BCUT2D eigenvalue weighted by molar-refractivity contribution is 7.89. The lowest BCUT2D eigenvalue weighted by atomic mass is 10.2. The lowest BCUT2D eigenvalue weighted by Crippen LogP contribution is -2.36. The van der Waals surface area contributed by atoms with Crippen LogP contribution in [-0.4, -0.2) is 39.5 Å². The van der Waals surface area contributed by atoms with Crippen LogP contribution in [0.1, 0.15) is 12.0 Å². The van der Waals surface area contributed by atoms with E-state index in [1.54, 1.807) is 12.1 Å². The largest absolute Gasteiger partial charge is 0.326 e. The number of nitrogens with zero attached hydrogens (tertiary/aromatic N) is 1. The van der Waals surface area contributed by atoms with Crippen LogP contribution in [0.2, 0.25) is 5.02 Å². The van der Waals surface area contributed by atoms with Crippen LogP contribution in [0.5, 0.6) is 0 Å². The molecule has 1 unspecified atom stereocenters. The molecule has 0 amide bonds. The first-order valence-corrected chi connectivity index (χ1v) is 7.98. The fourth-order valence-electron chi connectivity index (χ4n) is 2.19. The number of halogens is 1. The summed E-state index contributed by atoms with van der Waals surface area (Å²) in [6.07, 6.45) is 0.809. The number of sulfonamides is 1. The summed E-state index contributed by atoms with van der Waals surface area (Å²) >= 11 is 5.98. The number of likely N-dealkylation sites (tertiary alicyclic amines) is 1. The zero-order valence-corrected chi connectivity index (χ0v) is 12.3. The van der Waals surface area contributed by atoms with Gasteiger partial charge < -0.3 is 10.6 Å². The van der Waals surface area contributed by atoms with E-state index in [1.165, 1.54) is 6.07 Å². The van der Waals surface area contributed by atoms with Crippen LogP contribution < -0.4 is 10.5 Å². The van der Waals surface area contributed by atoms with Crippen molar-refractivity contribution in [2.75, 3.05) is 20.1 Å². The predicted octanol–water partition coefficient (Wildman–Crippen LogP) is 0.781. The highest BCUT2D eigenvalue weighted by Gasteiger charge is 2.26. The summed E-state index contributed by atoms with van der Waals surface area (Å²) in [6.45, 7) is 1.89. The van der Waals surface area contributed by atoms with Crippen molar-refractivity contribution < 1.29 is 8.42 Å². The quantitative estimate of drug-likeness (QED) is 0.862. The average molecular weight is 304 g/mol. The average Bonchev–Trinajstić information content (AvgIpc) is 2.74. The monoisotopic (exact) mass is 303 g/mol. The molecule has 0 spiro atoms. The number of nitrogens with two attached hydrogens (primary N) is 1. The summed E-state index contributed by atoms with van der Waals surface area (Å²) in [5.41, 5.74) is 6.27. The van der Waals surface area contributed by atoms with Crippen molar-refractivity contribution >= 4 is 21.6 Å². The normalized spacial score (nSPS) is 20.9. The first-order valence-electron chi connectivity index (χ1n) is 6.12. The van der Waals surface area contributed by atoms with Gasteiger partial charge in [0.25, 0.3) is 0 Å². The Kier molecular flexibility index (Phi) is 4.47. The summed E-state index contributed by atoms with van der Waals surface area (Å²) in [7, 11) is -1.63. The van der Waals surface area contributed by atoms with Crippen LogP contribution in [0.25, 0.3) is 0 Å². The maximum atomic E-state index is 12.3. The van der Waals surface area contributed by atoms with E-state index in [9.17, 15) is 8.42 Å². The molecule has 1 aliphatic rings. The van der Waals surface area contributed by atoms with Crippen LogP contribution in [0.3, 0.4) is 0 Å². The molecular formula is C12H18ClN3O2S. The smallest absolute Gasteiger partial charge is 0.242 e. The van der Waals surface area contributed by atoms with Gasteiger partial charge in [-0.05, 0) is 37.7 Å². The van der Waals surface area contributed by atoms with Crippen molar-refractivity contribution in [3.8, 4) is 0 Å². The van der Waals surface area contributed by atoms with Crippen LogP contribution in [0, 0.1) is 0 Å². The third-order valence-electron chi connectivity index (χ3n) is 3.23. The summed E-state index contributed by atoms with van der Waals surface area (Å²) < 4.78 is 27.4. The molecule has 1 aromatic rings. The SMILES string of the molecule is CN1CCC(NS(=O)(=O)c2cc(CN)ccc2Cl)C1. The maximum absolute atomic E-state index is 12.3. The summed E-state index contributed by atoms with van der Waals surface area (Å²) in [5.74, 6) is 0. The second-order valence-electron chi connectivity index (χ2n) is 4.84. The molecular weight excluding hydrogens is 286 g/mol. The van der Waals surface area contributed by atoms with E-state index in [0.29, 0.717) is 6.54 Å². The minimum atomic E-state index is -3.59. The molecule has 0 aromatic heterocycles. The zero-order chi connectivity index (χ0) is 14.0. The third kappa shape index (κ3) is 3.46. The van der Waals surface area contributed by atoms with E-state index in [0.717, 1.165) is 18.5 Å². The van der Waals surface area contributed by atoms with E-state index >= 15 is 0 Å². The Morgan fingerprint density at radius 3 is 2.84 bits per heavy atom. The van der Waals surface area contributed by atoms with Crippen molar-refractivity contribution in [1.82, 2.24) is 9.62 Å². The van der Waals surface area contributed by atoms with E-state index in [2.05, 4.69) is 9.62 Å². The molecule has 7 heteroatoms. The van der Waals surface area contributed by atoms with Gasteiger partial charge in [-0.15, -0.1) is 0 Å². The molecule has 19 heavy (non-hydrogen) atoms. The van der Waals surface area contributed by atoms with Gasteiger partial charge in [-0.1, -0.05) is 17.7 Å². The Morgan fingerprint density at radius 1 is 1.53 bits per heavy atom. The number of hydrogen-bond donors (Lipinski definition) is 2.